The van der Waals surface area contributed by atoms with Crippen molar-refractivity contribution in [1.29, 1.82) is 0 Å². The molecule has 1 atom stereocenters. The molecule has 2 aromatic rings. The van der Waals surface area contributed by atoms with Gasteiger partial charge in [-0.1, -0.05) is 66.7 Å². The van der Waals surface area contributed by atoms with Crippen LogP contribution in [0.1, 0.15) is 17.5 Å². The van der Waals surface area contributed by atoms with Crippen molar-refractivity contribution >= 4 is 17.9 Å². The Morgan fingerprint density at radius 1 is 0.900 bits per heavy atom. The second-order valence-corrected chi connectivity index (χ2v) is 8.30. The molecule has 0 radical (unpaired) electrons. The van der Waals surface area contributed by atoms with Gasteiger partial charge in [-0.2, -0.15) is 0 Å². The molecule has 2 amide bonds. The Kier molecular flexibility index (Phi) is 6.72. The normalized spacial score (nSPS) is 24.7. The van der Waals surface area contributed by atoms with E-state index in [1.165, 1.54) is 15.4 Å². The van der Waals surface area contributed by atoms with Crippen molar-refractivity contribution in [2.24, 2.45) is 0 Å². The van der Waals surface area contributed by atoms with E-state index >= 15 is 0 Å². The van der Waals surface area contributed by atoms with E-state index in [1.54, 1.807) is 4.90 Å². The molecule has 5 heteroatoms. The summed E-state index contributed by atoms with van der Waals surface area (Å²) in [7, 11) is 0. The number of rotatable bonds is 7. The third-order valence-electron chi connectivity index (χ3n) is 6.32. The lowest BCUT2D eigenvalue weighted by atomic mass is 10.1. The fourth-order valence-corrected chi connectivity index (χ4v) is 4.53. The van der Waals surface area contributed by atoms with Gasteiger partial charge in [-0.25, -0.2) is 0 Å². The van der Waals surface area contributed by atoms with Crippen molar-refractivity contribution in [3.63, 3.8) is 0 Å². The number of benzene rings is 2. The zero-order valence-electron chi connectivity index (χ0n) is 17.4. The third kappa shape index (κ3) is 5.04. The number of amides is 2. The molecule has 2 aliphatic rings. The topological polar surface area (TPSA) is 46.3 Å². The van der Waals surface area contributed by atoms with Crippen LogP contribution >= 0.6 is 0 Å². The summed E-state index contributed by atoms with van der Waals surface area (Å²) >= 11 is 0. The highest BCUT2D eigenvalue weighted by atomic mass is 16.2. The first kappa shape index (κ1) is 20.5. The molecule has 0 unspecified atom stereocenters. The van der Waals surface area contributed by atoms with Crippen LogP contribution in [0.25, 0.3) is 6.08 Å². The van der Waals surface area contributed by atoms with Crippen molar-refractivity contribution in [1.82, 2.24) is 4.90 Å². The zero-order valence-corrected chi connectivity index (χ0v) is 17.4. The Morgan fingerprint density at radius 3 is 2.27 bits per heavy atom. The Bertz CT molecular complexity index is 874. The molecular weight excluding hydrogens is 374 g/mol. The maximum Gasteiger partial charge on any atom is 0.288 e. The highest BCUT2D eigenvalue weighted by Gasteiger charge is 2.45. The fourth-order valence-electron chi connectivity index (χ4n) is 4.53. The maximum atomic E-state index is 12.9. The number of carbonyl (C=O) groups excluding carboxylic acids is 2. The first-order valence-corrected chi connectivity index (χ1v) is 11.0. The predicted molar refractivity (Wildman–Crippen MR) is 117 cm³/mol. The second kappa shape index (κ2) is 9.83. The summed E-state index contributed by atoms with van der Waals surface area (Å²) in [5.41, 5.74) is 2.39. The summed E-state index contributed by atoms with van der Waals surface area (Å²) < 4.78 is 0. The SMILES string of the molecule is O=C1C[C@H]([NH+]2CC[NH+](C/C=C\c3ccccc3)CC2)C(=O)N1CCc1ccccc1. The summed E-state index contributed by atoms with van der Waals surface area (Å²) in [5.74, 6) is 0.0207. The molecule has 2 N–H and O–H groups in total. The standard InChI is InChI=1S/C25H29N3O2/c29-24-20-23(25(30)28(24)15-13-22-10-5-2-6-11-22)27-18-16-26(17-19-27)14-7-12-21-8-3-1-4-9-21/h1-12,23H,13-20H2/p+2/b12-7-/t23-/m0/s1. The van der Waals surface area contributed by atoms with Crippen LogP contribution < -0.4 is 9.80 Å². The molecule has 30 heavy (non-hydrogen) atoms. The van der Waals surface area contributed by atoms with Gasteiger partial charge in [-0.15, -0.1) is 0 Å². The first-order valence-electron chi connectivity index (χ1n) is 11.0. The van der Waals surface area contributed by atoms with Crippen LogP contribution in [0.4, 0.5) is 0 Å². The largest absolute Gasteiger partial charge is 0.322 e. The van der Waals surface area contributed by atoms with Crippen molar-refractivity contribution in [3.05, 3.63) is 77.9 Å². The van der Waals surface area contributed by atoms with Gasteiger partial charge in [0.2, 0.25) is 5.91 Å². The molecular formula is C25H31N3O2+2. The highest BCUT2D eigenvalue weighted by Crippen LogP contribution is 2.12. The minimum Gasteiger partial charge on any atom is -0.322 e. The number of hydrogen-bond acceptors (Lipinski definition) is 2. The monoisotopic (exact) mass is 405 g/mol. The van der Waals surface area contributed by atoms with E-state index in [9.17, 15) is 9.59 Å². The first-order chi connectivity index (χ1) is 14.7. The maximum absolute atomic E-state index is 12.9. The lowest BCUT2D eigenvalue weighted by Gasteiger charge is -2.31. The van der Waals surface area contributed by atoms with E-state index in [1.807, 2.05) is 36.4 Å². The van der Waals surface area contributed by atoms with E-state index in [0.29, 0.717) is 13.0 Å². The van der Waals surface area contributed by atoms with Crippen molar-refractivity contribution in [3.8, 4) is 0 Å². The van der Waals surface area contributed by atoms with Crippen molar-refractivity contribution in [2.75, 3.05) is 39.3 Å². The smallest absolute Gasteiger partial charge is 0.288 e. The minimum absolute atomic E-state index is 0.00555. The number of quaternary nitrogens is 2. The molecule has 2 aliphatic heterocycles. The number of piperazine rings is 1. The Hall–Kier alpha value is -2.76. The van der Waals surface area contributed by atoms with Gasteiger partial charge in [-0.3, -0.25) is 14.5 Å². The lowest BCUT2D eigenvalue weighted by Crippen LogP contribution is -3.30. The van der Waals surface area contributed by atoms with Crippen LogP contribution in [-0.4, -0.2) is 62.0 Å². The fraction of sp³-hybridized carbons (Fsp3) is 0.360. The Morgan fingerprint density at radius 2 is 1.57 bits per heavy atom. The van der Waals surface area contributed by atoms with Gasteiger partial charge in [0.05, 0.1) is 13.0 Å². The predicted octanol–water partition coefficient (Wildman–Crippen LogP) is -0.147. The molecule has 5 nitrogen and oxygen atoms in total. The molecule has 0 saturated carbocycles. The third-order valence-corrected chi connectivity index (χ3v) is 6.32. The van der Waals surface area contributed by atoms with E-state index in [-0.39, 0.29) is 17.9 Å². The van der Waals surface area contributed by atoms with Crippen LogP contribution in [0.15, 0.2) is 66.7 Å². The summed E-state index contributed by atoms with van der Waals surface area (Å²) in [4.78, 5) is 29.7. The van der Waals surface area contributed by atoms with E-state index in [0.717, 1.165) is 44.7 Å². The van der Waals surface area contributed by atoms with Gasteiger partial charge >= 0.3 is 0 Å². The summed E-state index contributed by atoms with van der Waals surface area (Å²) in [5, 5.41) is 0. The Balaban J connectivity index is 1.25. The van der Waals surface area contributed by atoms with Crippen LogP contribution in [0.3, 0.4) is 0 Å². The van der Waals surface area contributed by atoms with Gasteiger partial charge in [0.1, 0.15) is 26.2 Å². The van der Waals surface area contributed by atoms with Crippen LogP contribution in [0.2, 0.25) is 0 Å². The molecule has 2 fully saturated rings. The average molecular weight is 406 g/mol. The number of imide groups is 1. The molecule has 4 rings (SSSR count). The zero-order chi connectivity index (χ0) is 20.8. The van der Waals surface area contributed by atoms with Gasteiger partial charge in [0, 0.05) is 6.54 Å². The molecule has 2 heterocycles. The molecule has 0 aromatic heterocycles. The van der Waals surface area contributed by atoms with Gasteiger partial charge < -0.3 is 9.80 Å². The quantitative estimate of drug-likeness (QED) is 0.630. The number of nitrogens with one attached hydrogen (secondary N) is 2. The minimum atomic E-state index is -0.185. The molecule has 0 spiro atoms. The molecule has 0 aliphatic carbocycles. The van der Waals surface area contributed by atoms with Crippen LogP contribution in [-0.2, 0) is 16.0 Å². The van der Waals surface area contributed by atoms with Crippen LogP contribution in [0.5, 0.6) is 0 Å². The van der Waals surface area contributed by atoms with E-state index in [2.05, 4.69) is 36.4 Å². The van der Waals surface area contributed by atoms with Crippen molar-refractivity contribution < 1.29 is 19.4 Å². The molecule has 2 saturated heterocycles. The number of nitrogens with zero attached hydrogens (tertiary/aromatic N) is 1. The van der Waals surface area contributed by atoms with Gasteiger partial charge in [0.25, 0.3) is 5.91 Å². The molecule has 2 aromatic carbocycles. The molecule has 156 valence electrons. The van der Waals surface area contributed by atoms with Crippen LogP contribution in [0, 0.1) is 0 Å². The number of carbonyl (C=O) groups is 2. The number of hydrogen-bond donors (Lipinski definition) is 2. The lowest BCUT2D eigenvalue weighted by molar-refractivity contribution is -1.02. The summed E-state index contributed by atoms with van der Waals surface area (Å²) in [6.07, 6.45) is 5.51. The van der Waals surface area contributed by atoms with Gasteiger partial charge in [-0.05, 0) is 23.6 Å². The second-order valence-electron chi connectivity index (χ2n) is 8.30. The Labute approximate surface area is 178 Å². The van der Waals surface area contributed by atoms with Gasteiger partial charge in [0.15, 0.2) is 6.04 Å². The van der Waals surface area contributed by atoms with E-state index < -0.39 is 0 Å². The van der Waals surface area contributed by atoms with E-state index in [4.69, 9.17) is 0 Å². The average Bonchev–Trinajstić information content (AvgIpc) is 3.07. The highest BCUT2D eigenvalue weighted by molar-refractivity contribution is 6.04. The summed E-state index contributed by atoms with van der Waals surface area (Å²) in [6.45, 7) is 5.47. The summed E-state index contributed by atoms with van der Waals surface area (Å²) in [6, 6.07) is 20.2. The molecule has 0 bridgehead atoms. The van der Waals surface area contributed by atoms with Crippen molar-refractivity contribution in [2.45, 2.75) is 18.9 Å². The number of likely N-dealkylation sites (tertiary alicyclic amines) is 1.